The van der Waals surface area contributed by atoms with Crippen molar-refractivity contribution in [3.63, 3.8) is 0 Å². The van der Waals surface area contributed by atoms with Gasteiger partial charge in [-0.05, 0) is 31.4 Å². The van der Waals surface area contributed by atoms with Crippen molar-refractivity contribution in [2.45, 2.75) is 31.8 Å². The van der Waals surface area contributed by atoms with Crippen LogP contribution in [-0.2, 0) is 16.1 Å². The molecule has 1 amide bonds. The fourth-order valence-corrected chi connectivity index (χ4v) is 2.56. The smallest absolute Gasteiger partial charge is 0.243 e. The highest BCUT2D eigenvalue weighted by Crippen LogP contribution is 2.22. The molecule has 112 valence electrons. The summed E-state index contributed by atoms with van der Waals surface area (Å²) in [5, 5.41) is 9.15. The lowest BCUT2D eigenvalue weighted by Crippen LogP contribution is -2.57. The zero-order chi connectivity index (χ0) is 15.3. The topological polar surface area (TPSA) is 79.4 Å². The number of hydrogen-bond donors (Lipinski definition) is 1. The number of amides is 1. The number of likely N-dealkylation sites (N-methyl/N-ethyl adjacent to an activating group) is 1. The van der Waals surface area contributed by atoms with Gasteiger partial charge in [-0.2, -0.15) is 5.26 Å². The molecule has 1 aromatic carbocycles. The van der Waals surface area contributed by atoms with Gasteiger partial charge in [0.05, 0.1) is 17.2 Å². The van der Waals surface area contributed by atoms with Gasteiger partial charge in [0.2, 0.25) is 5.91 Å². The summed E-state index contributed by atoms with van der Waals surface area (Å²) in [6.45, 7) is 3.95. The van der Waals surface area contributed by atoms with Gasteiger partial charge < -0.3 is 15.4 Å². The van der Waals surface area contributed by atoms with Crippen LogP contribution in [0, 0.1) is 11.3 Å². The molecule has 1 aromatic rings. The lowest BCUT2D eigenvalue weighted by atomic mass is 9.89. The Morgan fingerprint density at radius 1 is 1.43 bits per heavy atom. The van der Waals surface area contributed by atoms with Crippen LogP contribution < -0.4 is 5.73 Å². The minimum Gasteiger partial charge on any atom is -0.381 e. The van der Waals surface area contributed by atoms with Crippen molar-refractivity contribution >= 4 is 5.91 Å². The second-order valence-corrected chi connectivity index (χ2v) is 5.36. The summed E-state index contributed by atoms with van der Waals surface area (Å²) in [5.41, 5.74) is 6.88. The van der Waals surface area contributed by atoms with E-state index in [2.05, 4.69) is 6.07 Å². The zero-order valence-electron chi connectivity index (χ0n) is 12.3. The van der Waals surface area contributed by atoms with Crippen LogP contribution in [0.15, 0.2) is 24.3 Å². The zero-order valence-corrected chi connectivity index (χ0v) is 12.3. The maximum Gasteiger partial charge on any atom is 0.243 e. The summed E-state index contributed by atoms with van der Waals surface area (Å²) in [6.07, 6.45) is 1.09. The van der Waals surface area contributed by atoms with Gasteiger partial charge in [-0.15, -0.1) is 0 Å². The summed E-state index contributed by atoms with van der Waals surface area (Å²) < 4.78 is 5.29. The quantitative estimate of drug-likeness (QED) is 0.908. The molecule has 1 aliphatic heterocycles. The third-order valence-corrected chi connectivity index (χ3v) is 3.98. The summed E-state index contributed by atoms with van der Waals surface area (Å²) in [6, 6.07) is 9.50. The first-order chi connectivity index (χ1) is 10.1. The molecule has 0 saturated carbocycles. The number of ether oxygens (including phenoxy) is 1. The molecule has 21 heavy (non-hydrogen) atoms. The number of nitrogens with two attached hydrogens (primary N) is 1. The molecule has 5 heteroatoms. The Kier molecular flexibility index (Phi) is 4.94. The van der Waals surface area contributed by atoms with E-state index in [0.717, 1.165) is 5.56 Å². The highest BCUT2D eigenvalue weighted by Gasteiger charge is 2.38. The van der Waals surface area contributed by atoms with Gasteiger partial charge >= 0.3 is 0 Å². The molecule has 2 rings (SSSR count). The SMILES string of the molecule is CCN(Cc1ccccc1C#N)C(=O)C1(N)CCOCC1. The predicted octanol–water partition coefficient (Wildman–Crippen LogP) is 1.41. The molecule has 0 atom stereocenters. The number of rotatable bonds is 4. The Bertz CT molecular complexity index is 545. The van der Waals surface area contributed by atoms with Crippen LogP contribution in [0.25, 0.3) is 0 Å². The molecule has 1 aliphatic rings. The Labute approximate surface area is 125 Å². The summed E-state index contributed by atoms with van der Waals surface area (Å²) in [5.74, 6) is -0.0546. The van der Waals surface area contributed by atoms with Gasteiger partial charge in [0, 0.05) is 26.3 Å². The van der Waals surface area contributed by atoms with Gasteiger partial charge in [-0.25, -0.2) is 0 Å². The van der Waals surface area contributed by atoms with E-state index in [1.165, 1.54) is 0 Å². The van der Waals surface area contributed by atoms with E-state index in [-0.39, 0.29) is 5.91 Å². The van der Waals surface area contributed by atoms with Crippen LogP contribution in [0.4, 0.5) is 0 Å². The van der Waals surface area contributed by atoms with Gasteiger partial charge in [-0.3, -0.25) is 4.79 Å². The van der Waals surface area contributed by atoms with Crippen LogP contribution in [-0.4, -0.2) is 36.1 Å². The molecule has 0 spiro atoms. The van der Waals surface area contributed by atoms with E-state index in [1.807, 2.05) is 25.1 Å². The number of benzene rings is 1. The highest BCUT2D eigenvalue weighted by atomic mass is 16.5. The second kappa shape index (κ2) is 6.70. The average Bonchev–Trinajstić information content (AvgIpc) is 2.53. The minimum atomic E-state index is -0.837. The fraction of sp³-hybridized carbons (Fsp3) is 0.500. The van der Waals surface area contributed by atoms with Crippen molar-refractivity contribution in [3.05, 3.63) is 35.4 Å². The van der Waals surface area contributed by atoms with Crippen molar-refractivity contribution in [1.29, 1.82) is 5.26 Å². The van der Waals surface area contributed by atoms with E-state index in [9.17, 15) is 4.79 Å². The summed E-state index contributed by atoms with van der Waals surface area (Å²) >= 11 is 0. The van der Waals surface area contributed by atoms with E-state index < -0.39 is 5.54 Å². The van der Waals surface area contributed by atoms with Gasteiger partial charge in [0.1, 0.15) is 0 Å². The lowest BCUT2D eigenvalue weighted by Gasteiger charge is -2.36. The normalized spacial score (nSPS) is 17.0. The van der Waals surface area contributed by atoms with Crippen LogP contribution >= 0.6 is 0 Å². The average molecular weight is 287 g/mol. The summed E-state index contributed by atoms with van der Waals surface area (Å²) in [4.78, 5) is 14.4. The number of hydrogen-bond acceptors (Lipinski definition) is 4. The van der Waals surface area contributed by atoms with Crippen LogP contribution in [0.1, 0.15) is 30.9 Å². The van der Waals surface area contributed by atoms with Crippen molar-refractivity contribution < 1.29 is 9.53 Å². The summed E-state index contributed by atoms with van der Waals surface area (Å²) in [7, 11) is 0. The van der Waals surface area contributed by atoms with Crippen molar-refractivity contribution in [2.75, 3.05) is 19.8 Å². The second-order valence-electron chi connectivity index (χ2n) is 5.36. The molecule has 0 unspecified atom stereocenters. The molecule has 2 N–H and O–H groups in total. The maximum atomic E-state index is 12.7. The number of nitriles is 1. The molecular weight excluding hydrogens is 266 g/mol. The van der Waals surface area contributed by atoms with Gasteiger partial charge in [0.25, 0.3) is 0 Å². The number of carbonyl (C=O) groups is 1. The first-order valence-corrected chi connectivity index (χ1v) is 7.24. The van der Waals surface area contributed by atoms with Crippen molar-refractivity contribution in [3.8, 4) is 6.07 Å². The molecule has 0 bridgehead atoms. The monoisotopic (exact) mass is 287 g/mol. The van der Waals surface area contributed by atoms with Gasteiger partial charge in [-0.1, -0.05) is 18.2 Å². The molecule has 1 heterocycles. The van der Waals surface area contributed by atoms with Crippen molar-refractivity contribution in [2.24, 2.45) is 5.73 Å². The Hall–Kier alpha value is -1.90. The Morgan fingerprint density at radius 2 is 2.10 bits per heavy atom. The van der Waals surface area contributed by atoms with E-state index >= 15 is 0 Å². The van der Waals surface area contributed by atoms with Crippen LogP contribution in [0.2, 0.25) is 0 Å². The largest absolute Gasteiger partial charge is 0.381 e. The Morgan fingerprint density at radius 3 is 2.71 bits per heavy atom. The van der Waals surface area contributed by atoms with Gasteiger partial charge in [0.15, 0.2) is 0 Å². The molecule has 0 radical (unpaired) electrons. The molecule has 0 aliphatic carbocycles. The first-order valence-electron chi connectivity index (χ1n) is 7.24. The number of carbonyl (C=O) groups excluding carboxylic acids is 1. The lowest BCUT2D eigenvalue weighted by molar-refractivity contribution is -0.141. The maximum absolute atomic E-state index is 12.7. The number of nitrogens with zero attached hydrogens (tertiary/aromatic N) is 2. The molecule has 0 aromatic heterocycles. The molecule has 5 nitrogen and oxygen atoms in total. The standard InChI is InChI=1S/C16H21N3O2/c1-2-19(12-14-6-4-3-5-13(14)11-17)15(20)16(18)7-9-21-10-8-16/h3-6H,2,7-10,12,18H2,1H3. The Balaban J connectivity index is 2.16. The van der Waals surface area contributed by atoms with E-state index in [1.54, 1.807) is 11.0 Å². The van der Waals surface area contributed by atoms with Crippen molar-refractivity contribution in [1.82, 2.24) is 4.90 Å². The highest BCUT2D eigenvalue weighted by molar-refractivity contribution is 5.86. The minimum absolute atomic E-state index is 0.0546. The molecule has 1 fully saturated rings. The fourth-order valence-electron chi connectivity index (χ4n) is 2.56. The molecular formula is C16H21N3O2. The first kappa shape index (κ1) is 15.5. The third kappa shape index (κ3) is 3.41. The van der Waals surface area contributed by atoms with E-state index in [4.69, 9.17) is 15.7 Å². The van der Waals surface area contributed by atoms with Crippen LogP contribution in [0.5, 0.6) is 0 Å². The predicted molar refractivity (Wildman–Crippen MR) is 79.2 cm³/mol. The third-order valence-electron chi connectivity index (χ3n) is 3.98. The molecule has 1 saturated heterocycles. The van der Waals surface area contributed by atoms with Crippen LogP contribution in [0.3, 0.4) is 0 Å². The van der Waals surface area contributed by atoms with E-state index in [0.29, 0.717) is 44.7 Å².